The van der Waals surface area contributed by atoms with Gasteiger partial charge in [-0.05, 0) is 67.2 Å². The lowest BCUT2D eigenvalue weighted by Gasteiger charge is -2.22. The topological polar surface area (TPSA) is 69.7 Å². The maximum atomic E-state index is 12.7. The molecule has 0 bridgehead atoms. The Bertz CT molecular complexity index is 1150. The first-order valence-corrected chi connectivity index (χ1v) is 12.0. The van der Waals surface area contributed by atoms with Crippen LogP contribution in [0.25, 0.3) is 6.08 Å². The molecule has 2 heterocycles. The number of aryl methyl sites for hydroxylation is 1. The lowest BCUT2D eigenvalue weighted by atomic mass is 10.0. The molecule has 0 radical (unpaired) electrons. The highest BCUT2D eigenvalue weighted by atomic mass is 32.1. The summed E-state index contributed by atoms with van der Waals surface area (Å²) in [4.78, 5) is 17.1. The number of nitrogens with zero attached hydrogens (tertiary/aromatic N) is 1. The molecule has 1 aliphatic carbocycles. The molecule has 1 N–H and O–H groups in total. The van der Waals surface area contributed by atoms with Crippen LogP contribution < -0.4 is 19.5 Å². The minimum Gasteiger partial charge on any atom is -0.487 e. The van der Waals surface area contributed by atoms with Crippen LogP contribution in [-0.4, -0.2) is 24.1 Å². The van der Waals surface area contributed by atoms with Gasteiger partial charge in [0.1, 0.15) is 25.6 Å². The second-order valence-corrected chi connectivity index (χ2v) is 9.34. The van der Waals surface area contributed by atoms with Gasteiger partial charge in [0.25, 0.3) is 0 Å². The number of fused-ring (bicyclic) bond motifs is 1. The van der Waals surface area contributed by atoms with Crippen molar-refractivity contribution in [3.8, 4) is 17.2 Å². The first-order chi connectivity index (χ1) is 16.1. The van der Waals surface area contributed by atoms with E-state index < -0.39 is 0 Å². The number of nitrogens with one attached hydrogen (secondary N) is 1. The molecule has 6 nitrogen and oxygen atoms in total. The van der Waals surface area contributed by atoms with Gasteiger partial charge < -0.3 is 19.5 Å². The van der Waals surface area contributed by atoms with Crippen LogP contribution in [0, 0.1) is 12.8 Å². The molecule has 2 aromatic carbocycles. The summed E-state index contributed by atoms with van der Waals surface area (Å²) in [5.41, 5.74) is 2.92. The Labute approximate surface area is 197 Å². The van der Waals surface area contributed by atoms with Crippen LogP contribution in [0.4, 0.5) is 0 Å². The third kappa shape index (κ3) is 5.54. The predicted molar refractivity (Wildman–Crippen MR) is 128 cm³/mol. The van der Waals surface area contributed by atoms with Crippen molar-refractivity contribution in [3.05, 3.63) is 75.7 Å². The quantitative estimate of drug-likeness (QED) is 0.473. The van der Waals surface area contributed by atoms with E-state index in [9.17, 15) is 4.79 Å². The molecule has 1 aliphatic heterocycles. The molecular formula is C26H26N2O4S. The van der Waals surface area contributed by atoms with E-state index in [0.29, 0.717) is 25.7 Å². The normalized spacial score (nSPS) is 15.9. The molecule has 0 spiro atoms. The Hall–Kier alpha value is -3.32. The average Bonchev–Trinajstić information content (AvgIpc) is 3.60. The number of ether oxygens (including phenoxy) is 3. The predicted octanol–water partition coefficient (Wildman–Crippen LogP) is 5.08. The van der Waals surface area contributed by atoms with E-state index >= 15 is 0 Å². The summed E-state index contributed by atoms with van der Waals surface area (Å²) >= 11 is 1.62. The van der Waals surface area contributed by atoms with Crippen LogP contribution in [-0.2, 0) is 11.4 Å². The lowest BCUT2D eigenvalue weighted by Crippen LogP contribution is -2.28. The molecule has 5 rings (SSSR count). The number of hydrogen-bond donors (Lipinski definition) is 1. The number of aromatic nitrogens is 1. The zero-order chi connectivity index (χ0) is 22.6. The van der Waals surface area contributed by atoms with Crippen LogP contribution >= 0.6 is 11.3 Å². The Morgan fingerprint density at radius 3 is 2.70 bits per heavy atom. The first kappa shape index (κ1) is 21.5. The Morgan fingerprint density at radius 2 is 1.97 bits per heavy atom. The number of carbonyl (C=O) groups excluding carboxylic acids is 1. The molecule has 170 valence electrons. The zero-order valence-electron chi connectivity index (χ0n) is 18.5. The molecular weight excluding hydrogens is 436 g/mol. The molecule has 1 amide bonds. The van der Waals surface area contributed by atoms with Gasteiger partial charge >= 0.3 is 0 Å². The van der Waals surface area contributed by atoms with Crippen LogP contribution in [0.1, 0.15) is 40.7 Å². The first-order valence-electron chi connectivity index (χ1n) is 11.2. The Balaban J connectivity index is 1.18. The number of rotatable bonds is 8. The molecule has 1 aromatic heterocycles. The van der Waals surface area contributed by atoms with Crippen molar-refractivity contribution < 1.29 is 19.0 Å². The molecule has 7 heteroatoms. The van der Waals surface area contributed by atoms with Gasteiger partial charge in [-0.3, -0.25) is 4.79 Å². The smallest absolute Gasteiger partial charge is 0.244 e. The van der Waals surface area contributed by atoms with Crippen molar-refractivity contribution in [1.29, 1.82) is 0 Å². The lowest BCUT2D eigenvalue weighted by molar-refractivity contribution is -0.117. The largest absolute Gasteiger partial charge is 0.487 e. The third-order valence-corrected chi connectivity index (χ3v) is 6.50. The van der Waals surface area contributed by atoms with E-state index in [2.05, 4.69) is 10.3 Å². The zero-order valence-corrected chi connectivity index (χ0v) is 19.3. The van der Waals surface area contributed by atoms with Gasteiger partial charge in [0.15, 0.2) is 11.5 Å². The minimum atomic E-state index is -0.110. The van der Waals surface area contributed by atoms with Crippen molar-refractivity contribution in [2.24, 2.45) is 5.92 Å². The fourth-order valence-electron chi connectivity index (χ4n) is 3.84. The van der Waals surface area contributed by atoms with Crippen molar-refractivity contribution in [2.45, 2.75) is 32.4 Å². The maximum absolute atomic E-state index is 12.7. The molecule has 1 saturated carbocycles. The summed E-state index contributed by atoms with van der Waals surface area (Å²) in [7, 11) is 0. The average molecular weight is 463 g/mol. The summed E-state index contributed by atoms with van der Waals surface area (Å²) in [6, 6.07) is 13.6. The van der Waals surface area contributed by atoms with Gasteiger partial charge in [0.2, 0.25) is 5.91 Å². The summed E-state index contributed by atoms with van der Waals surface area (Å²) in [6.45, 7) is 3.55. The van der Waals surface area contributed by atoms with Crippen molar-refractivity contribution in [2.75, 3.05) is 13.2 Å². The fraction of sp³-hybridized carbons (Fsp3) is 0.308. The highest BCUT2D eigenvalue weighted by molar-refractivity contribution is 7.09. The van der Waals surface area contributed by atoms with E-state index in [1.165, 1.54) is 0 Å². The second kappa shape index (κ2) is 9.67. The SMILES string of the molecule is Cc1nc(COc2ccc(C=CC(=O)NC(c3ccc4c(c3)OCCO4)C3CC3)cc2)cs1. The van der Waals surface area contributed by atoms with Crippen molar-refractivity contribution in [1.82, 2.24) is 10.3 Å². The van der Waals surface area contributed by atoms with Gasteiger partial charge in [-0.25, -0.2) is 4.98 Å². The van der Waals surface area contributed by atoms with E-state index in [1.807, 2.05) is 60.8 Å². The molecule has 33 heavy (non-hydrogen) atoms. The van der Waals surface area contributed by atoms with E-state index in [1.54, 1.807) is 17.4 Å². The number of carbonyl (C=O) groups is 1. The number of amides is 1. The summed E-state index contributed by atoms with van der Waals surface area (Å²) in [5.74, 6) is 2.64. The highest BCUT2D eigenvalue weighted by Gasteiger charge is 2.33. The van der Waals surface area contributed by atoms with E-state index in [-0.39, 0.29) is 11.9 Å². The monoisotopic (exact) mass is 462 g/mol. The number of thiazole rings is 1. The second-order valence-electron chi connectivity index (χ2n) is 8.28. The summed E-state index contributed by atoms with van der Waals surface area (Å²) in [6.07, 6.45) is 5.63. The maximum Gasteiger partial charge on any atom is 0.244 e. The fourth-order valence-corrected chi connectivity index (χ4v) is 4.43. The Kier molecular flexibility index (Phi) is 6.30. The summed E-state index contributed by atoms with van der Waals surface area (Å²) < 4.78 is 17.1. The van der Waals surface area contributed by atoms with Gasteiger partial charge in [0, 0.05) is 11.5 Å². The standard InChI is InChI=1S/C26H26N2O4S/c1-17-27-21(16-33-17)15-32-22-8-2-18(3-9-22)4-11-25(29)28-26(19-5-6-19)20-7-10-23-24(14-20)31-13-12-30-23/h2-4,7-11,14,16,19,26H,5-6,12-13,15H2,1H3,(H,28,29). The van der Waals surface area contributed by atoms with Gasteiger partial charge in [-0.2, -0.15) is 0 Å². The highest BCUT2D eigenvalue weighted by Crippen LogP contribution is 2.43. The van der Waals surface area contributed by atoms with Crippen LogP contribution in [0.3, 0.4) is 0 Å². The molecule has 1 fully saturated rings. The van der Waals surface area contributed by atoms with Crippen LogP contribution in [0.2, 0.25) is 0 Å². The van der Waals surface area contributed by atoms with Crippen LogP contribution in [0.5, 0.6) is 17.2 Å². The third-order valence-electron chi connectivity index (χ3n) is 5.68. The van der Waals surface area contributed by atoms with Crippen molar-refractivity contribution >= 4 is 23.3 Å². The molecule has 0 saturated heterocycles. The van der Waals surface area contributed by atoms with E-state index in [4.69, 9.17) is 14.2 Å². The summed E-state index contributed by atoms with van der Waals surface area (Å²) in [5, 5.41) is 6.21. The number of benzene rings is 2. The van der Waals surface area contributed by atoms with Crippen molar-refractivity contribution in [3.63, 3.8) is 0 Å². The molecule has 3 aromatic rings. The minimum absolute atomic E-state index is 0.0249. The van der Waals surface area contributed by atoms with E-state index in [0.717, 1.165) is 51.9 Å². The van der Waals surface area contributed by atoms with Gasteiger partial charge in [-0.15, -0.1) is 11.3 Å². The van der Waals surface area contributed by atoms with Gasteiger partial charge in [-0.1, -0.05) is 18.2 Å². The molecule has 1 atom stereocenters. The van der Waals surface area contributed by atoms with Crippen LogP contribution in [0.15, 0.2) is 53.9 Å². The number of hydrogen-bond acceptors (Lipinski definition) is 6. The Morgan fingerprint density at radius 1 is 1.18 bits per heavy atom. The van der Waals surface area contributed by atoms with Gasteiger partial charge in [0.05, 0.1) is 16.7 Å². The molecule has 2 aliphatic rings. The molecule has 1 unspecified atom stereocenters.